The minimum absolute atomic E-state index is 0.356. The molecule has 3 N–H and O–H groups in total. The van der Waals surface area contributed by atoms with Gasteiger partial charge in [-0.3, -0.25) is 0 Å². The van der Waals surface area contributed by atoms with Crippen molar-refractivity contribution in [3.05, 3.63) is 23.8 Å². The second kappa shape index (κ2) is 6.64. The summed E-state index contributed by atoms with van der Waals surface area (Å²) in [6, 6.07) is 5.92. The third-order valence-corrected chi connectivity index (χ3v) is 4.05. The minimum Gasteiger partial charge on any atom is -0.462 e. The van der Waals surface area contributed by atoms with Gasteiger partial charge in [-0.2, -0.15) is 0 Å². The first-order chi connectivity index (χ1) is 9.63. The van der Waals surface area contributed by atoms with Gasteiger partial charge in [-0.25, -0.2) is 4.79 Å². The molecule has 1 aromatic carbocycles. The van der Waals surface area contributed by atoms with Crippen LogP contribution in [-0.2, 0) is 4.74 Å². The number of rotatable bonds is 4. The average Bonchev–Trinajstić information content (AvgIpc) is 2.43. The molecule has 2 unspecified atom stereocenters. The Labute approximate surface area is 120 Å². The molecule has 0 bridgehead atoms. The van der Waals surface area contributed by atoms with Gasteiger partial charge < -0.3 is 15.8 Å². The third-order valence-electron chi connectivity index (χ3n) is 4.05. The van der Waals surface area contributed by atoms with Gasteiger partial charge in [0.05, 0.1) is 23.5 Å². The highest BCUT2D eigenvalue weighted by Crippen LogP contribution is 2.30. The van der Waals surface area contributed by atoms with E-state index in [0.717, 1.165) is 12.1 Å². The van der Waals surface area contributed by atoms with Crippen LogP contribution in [0.3, 0.4) is 0 Å². The molecule has 1 aliphatic rings. The van der Waals surface area contributed by atoms with Crippen molar-refractivity contribution in [2.75, 3.05) is 17.7 Å². The van der Waals surface area contributed by atoms with Gasteiger partial charge in [0.2, 0.25) is 0 Å². The monoisotopic (exact) mass is 276 g/mol. The number of para-hydroxylation sites is 1. The molecule has 0 aromatic heterocycles. The van der Waals surface area contributed by atoms with E-state index in [1.165, 1.54) is 19.3 Å². The van der Waals surface area contributed by atoms with Crippen LogP contribution in [0.4, 0.5) is 11.4 Å². The Hall–Kier alpha value is -1.71. The third kappa shape index (κ3) is 3.24. The lowest BCUT2D eigenvalue weighted by atomic mass is 9.86. The van der Waals surface area contributed by atoms with Gasteiger partial charge in [-0.1, -0.05) is 25.8 Å². The molecule has 0 spiro atoms. The second-order valence-corrected chi connectivity index (χ2v) is 5.50. The normalized spacial score (nSPS) is 22.3. The maximum Gasteiger partial charge on any atom is 0.340 e. The Balaban J connectivity index is 2.15. The van der Waals surface area contributed by atoms with Crippen LogP contribution < -0.4 is 11.1 Å². The zero-order valence-corrected chi connectivity index (χ0v) is 12.3. The van der Waals surface area contributed by atoms with Crippen molar-refractivity contribution in [3.8, 4) is 0 Å². The quantitative estimate of drug-likeness (QED) is 0.653. The van der Waals surface area contributed by atoms with Gasteiger partial charge in [-0.05, 0) is 37.8 Å². The predicted octanol–water partition coefficient (Wildman–Crippen LogP) is 3.44. The van der Waals surface area contributed by atoms with Crippen molar-refractivity contribution in [2.24, 2.45) is 5.92 Å². The zero-order valence-electron chi connectivity index (χ0n) is 12.3. The topological polar surface area (TPSA) is 64.3 Å². The van der Waals surface area contributed by atoms with E-state index in [1.54, 1.807) is 13.0 Å². The highest BCUT2D eigenvalue weighted by Gasteiger charge is 2.22. The smallest absolute Gasteiger partial charge is 0.340 e. The molecule has 1 fully saturated rings. The van der Waals surface area contributed by atoms with Crippen LogP contribution in [0.5, 0.6) is 0 Å². The molecule has 110 valence electrons. The highest BCUT2D eigenvalue weighted by molar-refractivity contribution is 5.98. The summed E-state index contributed by atoms with van der Waals surface area (Å²) in [4.78, 5) is 11.8. The summed E-state index contributed by atoms with van der Waals surface area (Å²) >= 11 is 0. The van der Waals surface area contributed by atoms with Gasteiger partial charge in [0.25, 0.3) is 0 Å². The standard InChI is InChI=1S/C16H24N2O2/c1-3-20-16(19)12-8-6-10-14(15(12)17)18-13-9-5-4-7-11(13)2/h6,8,10-11,13,18H,3-5,7,9,17H2,1-2H3. The molecule has 0 heterocycles. The van der Waals surface area contributed by atoms with Gasteiger partial charge in [0.1, 0.15) is 0 Å². The van der Waals surface area contributed by atoms with E-state index < -0.39 is 0 Å². The fraction of sp³-hybridized carbons (Fsp3) is 0.562. The molecular weight excluding hydrogens is 252 g/mol. The average molecular weight is 276 g/mol. The Morgan fingerprint density at radius 3 is 2.85 bits per heavy atom. The Morgan fingerprint density at radius 2 is 2.15 bits per heavy atom. The Morgan fingerprint density at radius 1 is 1.40 bits per heavy atom. The molecule has 1 saturated carbocycles. The van der Waals surface area contributed by atoms with E-state index in [0.29, 0.717) is 29.8 Å². The molecule has 0 saturated heterocycles. The minimum atomic E-state index is -0.356. The lowest BCUT2D eigenvalue weighted by Crippen LogP contribution is -2.30. The van der Waals surface area contributed by atoms with Crippen LogP contribution >= 0.6 is 0 Å². The van der Waals surface area contributed by atoms with E-state index in [9.17, 15) is 4.79 Å². The number of benzene rings is 1. The van der Waals surface area contributed by atoms with E-state index in [1.807, 2.05) is 12.1 Å². The second-order valence-electron chi connectivity index (χ2n) is 5.50. The maximum atomic E-state index is 11.8. The molecule has 4 heteroatoms. The molecule has 1 aliphatic carbocycles. The molecule has 2 rings (SSSR count). The van der Waals surface area contributed by atoms with Crippen LogP contribution in [0.25, 0.3) is 0 Å². The Bertz CT molecular complexity index is 474. The van der Waals surface area contributed by atoms with E-state index in [4.69, 9.17) is 10.5 Å². The van der Waals surface area contributed by atoms with Crippen molar-refractivity contribution in [3.63, 3.8) is 0 Å². The van der Waals surface area contributed by atoms with Gasteiger partial charge in [0.15, 0.2) is 0 Å². The number of hydrogen-bond donors (Lipinski definition) is 2. The van der Waals surface area contributed by atoms with Crippen LogP contribution in [-0.4, -0.2) is 18.6 Å². The first-order valence-electron chi connectivity index (χ1n) is 7.45. The number of nitrogens with one attached hydrogen (secondary N) is 1. The molecule has 0 radical (unpaired) electrons. The number of nitrogens with two attached hydrogens (primary N) is 1. The number of esters is 1. The molecule has 1 aromatic rings. The summed E-state index contributed by atoms with van der Waals surface area (Å²) < 4.78 is 5.03. The van der Waals surface area contributed by atoms with Gasteiger partial charge >= 0.3 is 5.97 Å². The van der Waals surface area contributed by atoms with Gasteiger partial charge in [0, 0.05) is 6.04 Å². The summed E-state index contributed by atoms with van der Waals surface area (Å²) in [6.07, 6.45) is 4.95. The van der Waals surface area contributed by atoms with Gasteiger partial charge in [-0.15, -0.1) is 0 Å². The first-order valence-corrected chi connectivity index (χ1v) is 7.45. The summed E-state index contributed by atoms with van der Waals surface area (Å²) in [5, 5.41) is 3.50. The SMILES string of the molecule is CCOC(=O)c1cccc(NC2CCCCC2C)c1N. The molecule has 4 nitrogen and oxygen atoms in total. The predicted molar refractivity (Wildman–Crippen MR) is 81.9 cm³/mol. The molecule has 20 heavy (non-hydrogen) atoms. The number of anilines is 2. The first kappa shape index (κ1) is 14.7. The zero-order chi connectivity index (χ0) is 14.5. The number of carbonyl (C=O) groups excluding carboxylic acids is 1. The van der Waals surface area contributed by atoms with Crippen molar-refractivity contribution in [2.45, 2.75) is 45.6 Å². The molecular formula is C16H24N2O2. The molecule has 0 aliphatic heterocycles. The fourth-order valence-electron chi connectivity index (χ4n) is 2.81. The summed E-state index contributed by atoms with van der Waals surface area (Å²) in [6.45, 7) is 4.41. The van der Waals surface area contributed by atoms with Crippen molar-refractivity contribution >= 4 is 17.3 Å². The number of ether oxygens (including phenoxy) is 1. The number of hydrogen-bond acceptors (Lipinski definition) is 4. The van der Waals surface area contributed by atoms with Crippen molar-refractivity contribution in [1.82, 2.24) is 0 Å². The lowest BCUT2D eigenvalue weighted by molar-refractivity contribution is 0.0527. The van der Waals surface area contributed by atoms with Crippen LogP contribution in [0.15, 0.2) is 18.2 Å². The highest BCUT2D eigenvalue weighted by atomic mass is 16.5. The maximum absolute atomic E-state index is 11.8. The van der Waals surface area contributed by atoms with Crippen LogP contribution in [0.1, 0.15) is 49.9 Å². The molecule has 0 amide bonds. The molecule has 2 atom stereocenters. The summed E-state index contributed by atoms with van der Waals surface area (Å²) in [7, 11) is 0. The number of nitrogen functional groups attached to an aromatic ring is 1. The van der Waals surface area contributed by atoms with Crippen LogP contribution in [0.2, 0.25) is 0 Å². The van der Waals surface area contributed by atoms with E-state index in [2.05, 4.69) is 12.2 Å². The lowest BCUT2D eigenvalue weighted by Gasteiger charge is -2.31. The van der Waals surface area contributed by atoms with Crippen molar-refractivity contribution in [1.29, 1.82) is 0 Å². The van der Waals surface area contributed by atoms with E-state index in [-0.39, 0.29) is 5.97 Å². The van der Waals surface area contributed by atoms with E-state index >= 15 is 0 Å². The summed E-state index contributed by atoms with van der Waals surface area (Å²) in [5.41, 5.74) is 7.89. The largest absolute Gasteiger partial charge is 0.462 e. The van der Waals surface area contributed by atoms with Crippen LogP contribution in [0, 0.1) is 5.92 Å². The summed E-state index contributed by atoms with van der Waals surface area (Å²) in [5.74, 6) is 0.278. The van der Waals surface area contributed by atoms with Crippen molar-refractivity contribution < 1.29 is 9.53 Å². The Kier molecular flexibility index (Phi) is 4.88. The fourth-order valence-corrected chi connectivity index (χ4v) is 2.81. The number of carbonyl (C=O) groups is 1.